The third-order valence-electron chi connectivity index (χ3n) is 4.03. The molecule has 76 valence electrons. The number of piperidine rings is 1. The number of likely N-dealkylation sites (tertiary alicyclic amines) is 1. The lowest BCUT2D eigenvalue weighted by molar-refractivity contribution is -0.0225. The van der Waals surface area contributed by atoms with Crippen LogP contribution in [0.2, 0.25) is 0 Å². The Morgan fingerprint density at radius 2 is 1.92 bits per heavy atom. The van der Waals surface area contributed by atoms with E-state index in [9.17, 15) is 0 Å². The predicted octanol–water partition coefficient (Wildman–Crippen LogP) is 3.07. The van der Waals surface area contributed by atoms with Crippen LogP contribution in [-0.4, -0.2) is 23.5 Å². The molecule has 13 heavy (non-hydrogen) atoms. The Balaban J connectivity index is 2.81. The Morgan fingerprint density at radius 3 is 2.46 bits per heavy atom. The highest BCUT2D eigenvalue weighted by Crippen LogP contribution is 2.42. The van der Waals surface area contributed by atoms with Crippen LogP contribution >= 0.6 is 0 Å². The lowest BCUT2D eigenvalue weighted by Gasteiger charge is -2.53. The predicted molar refractivity (Wildman–Crippen MR) is 58.9 cm³/mol. The van der Waals surface area contributed by atoms with Crippen molar-refractivity contribution in [1.82, 2.24) is 4.90 Å². The molecule has 1 aliphatic rings. The minimum atomic E-state index is 0.305. The molecule has 1 nitrogen and oxygen atoms in total. The maximum Gasteiger partial charge on any atom is 0.0207 e. The fourth-order valence-electron chi connectivity index (χ4n) is 2.20. The molecule has 0 aromatic heterocycles. The van der Waals surface area contributed by atoms with Gasteiger partial charge >= 0.3 is 0 Å². The van der Waals surface area contributed by atoms with Gasteiger partial charge in [0.2, 0.25) is 0 Å². The average Bonchev–Trinajstić information content (AvgIpc) is 2.00. The molecule has 0 aromatic carbocycles. The van der Waals surface area contributed by atoms with Crippen LogP contribution in [-0.2, 0) is 0 Å². The minimum Gasteiger partial charge on any atom is -0.294 e. The molecule has 0 aromatic rings. The molecule has 0 bridgehead atoms. The van der Waals surface area contributed by atoms with Gasteiger partial charge in [-0.2, -0.15) is 0 Å². The van der Waals surface area contributed by atoms with Gasteiger partial charge in [-0.3, -0.25) is 4.90 Å². The maximum absolute atomic E-state index is 3.83. The van der Waals surface area contributed by atoms with Crippen LogP contribution in [0, 0.1) is 5.41 Å². The van der Waals surface area contributed by atoms with E-state index in [4.69, 9.17) is 0 Å². The summed E-state index contributed by atoms with van der Waals surface area (Å²) in [6.07, 6.45) is 4.68. The molecule has 0 spiro atoms. The van der Waals surface area contributed by atoms with Crippen LogP contribution in [0.1, 0.15) is 40.5 Å². The Kier molecular flexibility index (Phi) is 2.86. The second-order valence-corrected chi connectivity index (χ2v) is 5.28. The van der Waals surface area contributed by atoms with Crippen LogP contribution in [0.4, 0.5) is 0 Å². The van der Waals surface area contributed by atoms with E-state index >= 15 is 0 Å². The quantitative estimate of drug-likeness (QED) is 0.592. The van der Waals surface area contributed by atoms with Gasteiger partial charge < -0.3 is 0 Å². The molecular weight excluding hydrogens is 158 g/mol. The smallest absolute Gasteiger partial charge is 0.0207 e. The van der Waals surface area contributed by atoms with Gasteiger partial charge in [-0.05, 0) is 38.6 Å². The van der Waals surface area contributed by atoms with Gasteiger partial charge in [0.1, 0.15) is 0 Å². The monoisotopic (exact) mass is 181 g/mol. The van der Waals surface area contributed by atoms with Crippen molar-refractivity contribution in [3.8, 4) is 0 Å². The third kappa shape index (κ3) is 1.80. The number of nitrogens with zero attached hydrogens (tertiary/aromatic N) is 1. The lowest BCUT2D eigenvalue weighted by Crippen LogP contribution is -2.57. The Morgan fingerprint density at radius 1 is 1.31 bits per heavy atom. The maximum atomic E-state index is 3.83. The largest absolute Gasteiger partial charge is 0.294 e. The van der Waals surface area contributed by atoms with Gasteiger partial charge in [0.15, 0.2) is 0 Å². The summed E-state index contributed by atoms with van der Waals surface area (Å²) < 4.78 is 0. The molecule has 1 saturated heterocycles. The Labute approximate surface area is 82.8 Å². The van der Waals surface area contributed by atoms with E-state index < -0.39 is 0 Å². The molecule has 0 amide bonds. The molecule has 1 heterocycles. The van der Waals surface area contributed by atoms with E-state index in [1.165, 1.54) is 19.4 Å². The summed E-state index contributed by atoms with van der Waals surface area (Å²) in [5.41, 5.74) is 0.730. The molecule has 0 atom stereocenters. The van der Waals surface area contributed by atoms with Gasteiger partial charge in [-0.25, -0.2) is 0 Å². The fourth-order valence-corrected chi connectivity index (χ4v) is 2.20. The first kappa shape index (κ1) is 10.8. The van der Waals surface area contributed by atoms with Crippen LogP contribution in [0.15, 0.2) is 12.7 Å². The standard InChI is InChI=1S/C12H23N/c1-6-9-13-10-7-8-11(2,3)12(13,4)5/h6H,1,7-10H2,2-5H3. The van der Waals surface area contributed by atoms with Crippen LogP contribution in [0.5, 0.6) is 0 Å². The second kappa shape index (κ2) is 3.45. The Bertz CT molecular complexity index is 191. The second-order valence-electron chi connectivity index (χ2n) is 5.28. The number of hydrogen-bond acceptors (Lipinski definition) is 1. The molecule has 0 aliphatic carbocycles. The van der Waals surface area contributed by atoms with Crippen molar-refractivity contribution in [3.63, 3.8) is 0 Å². The van der Waals surface area contributed by atoms with Gasteiger partial charge in [-0.15, -0.1) is 6.58 Å². The zero-order valence-corrected chi connectivity index (χ0v) is 9.56. The van der Waals surface area contributed by atoms with Gasteiger partial charge in [0, 0.05) is 12.1 Å². The lowest BCUT2D eigenvalue weighted by atomic mass is 9.68. The molecule has 0 N–H and O–H groups in total. The molecule has 1 heteroatoms. The van der Waals surface area contributed by atoms with E-state index in [0.717, 1.165) is 6.54 Å². The van der Waals surface area contributed by atoms with Crippen LogP contribution in [0.3, 0.4) is 0 Å². The van der Waals surface area contributed by atoms with Crippen molar-refractivity contribution in [2.75, 3.05) is 13.1 Å². The molecular formula is C12H23N. The van der Waals surface area contributed by atoms with Crippen molar-refractivity contribution in [1.29, 1.82) is 0 Å². The average molecular weight is 181 g/mol. The number of hydrogen-bond donors (Lipinski definition) is 0. The van der Waals surface area contributed by atoms with Crippen molar-refractivity contribution >= 4 is 0 Å². The third-order valence-corrected chi connectivity index (χ3v) is 4.03. The molecule has 0 radical (unpaired) electrons. The SMILES string of the molecule is C=CCN1CCCC(C)(C)C1(C)C. The van der Waals surface area contributed by atoms with Gasteiger partial charge in [0.05, 0.1) is 0 Å². The fraction of sp³-hybridized carbons (Fsp3) is 0.833. The summed E-state index contributed by atoms with van der Waals surface area (Å²) in [7, 11) is 0. The van der Waals surface area contributed by atoms with E-state index in [0.29, 0.717) is 11.0 Å². The first-order chi connectivity index (χ1) is 5.92. The minimum absolute atomic E-state index is 0.305. The summed E-state index contributed by atoms with van der Waals surface area (Å²) in [5.74, 6) is 0. The van der Waals surface area contributed by atoms with Crippen LogP contribution in [0.25, 0.3) is 0 Å². The molecule has 1 aliphatic heterocycles. The zero-order chi connectivity index (χ0) is 10.1. The summed E-state index contributed by atoms with van der Waals surface area (Å²) in [6.45, 7) is 15.5. The highest BCUT2D eigenvalue weighted by Gasteiger charge is 2.43. The van der Waals surface area contributed by atoms with Crippen molar-refractivity contribution < 1.29 is 0 Å². The topological polar surface area (TPSA) is 3.24 Å². The van der Waals surface area contributed by atoms with Gasteiger partial charge in [0.25, 0.3) is 0 Å². The van der Waals surface area contributed by atoms with Crippen molar-refractivity contribution in [2.24, 2.45) is 5.41 Å². The highest BCUT2D eigenvalue weighted by molar-refractivity contribution is 4.99. The summed E-state index contributed by atoms with van der Waals surface area (Å²) >= 11 is 0. The summed E-state index contributed by atoms with van der Waals surface area (Å²) in [6, 6.07) is 0. The van der Waals surface area contributed by atoms with E-state index in [1.54, 1.807) is 0 Å². The van der Waals surface area contributed by atoms with Crippen molar-refractivity contribution in [2.45, 2.75) is 46.1 Å². The number of rotatable bonds is 2. The molecule has 0 saturated carbocycles. The highest BCUT2D eigenvalue weighted by atomic mass is 15.2. The van der Waals surface area contributed by atoms with E-state index in [1.807, 2.05) is 6.08 Å². The van der Waals surface area contributed by atoms with Crippen LogP contribution < -0.4 is 0 Å². The van der Waals surface area contributed by atoms with Gasteiger partial charge in [-0.1, -0.05) is 19.9 Å². The Hall–Kier alpha value is -0.300. The normalized spacial score (nSPS) is 27.1. The van der Waals surface area contributed by atoms with Crippen molar-refractivity contribution in [3.05, 3.63) is 12.7 Å². The molecule has 1 rings (SSSR count). The first-order valence-electron chi connectivity index (χ1n) is 5.28. The first-order valence-corrected chi connectivity index (χ1v) is 5.28. The van der Waals surface area contributed by atoms with E-state index in [-0.39, 0.29) is 0 Å². The molecule has 0 unspecified atom stereocenters. The molecule has 1 fully saturated rings. The van der Waals surface area contributed by atoms with E-state index in [2.05, 4.69) is 39.2 Å². The zero-order valence-electron chi connectivity index (χ0n) is 9.56. The summed E-state index contributed by atoms with van der Waals surface area (Å²) in [5, 5.41) is 0. The summed E-state index contributed by atoms with van der Waals surface area (Å²) in [4.78, 5) is 2.55.